The molecule has 2 aliphatic rings. The van der Waals surface area contributed by atoms with E-state index in [0.717, 1.165) is 11.8 Å². The van der Waals surface area contributed by atoms with Gasteiger partial charge in [0, 0.05) is 18.7 Å². The van der Waals surface area contributed by atoms with Crippen LogP contribution in [-0.4, -0.2) is 67.2 Å². The Morgan fingerprint density at radius 1 is 1.11 bits per heavy atom. The number of carboxylic acid groups (broad SMARTS) is 1. The first kappa shape index (κ1) is 24.3. The maximum atomic E-state index is 14.5. The third-order valence-corrected chi connectivity index (χ3v) is 6.42. The molecular weight excluding hydrogens is 486 g/mol. The van der Waals surface area contributed by atoms with Gasteiger partial charge in [0.25, 0.3) is 0 Å². The number of carbonyl (C=O) groups excluding carboxylic acids is 1. The zero-order valence-corrected chi connectivity index (χ0v) is 20.4. The Morgan fingerprint density at radius 2 is 1.86 bits per heavy atom. The molecule has 37 heavy (non-hydrogen) atoms. The van der Waals surface area contributed by atoms with Crippen molar-refractivity contribution in [1.29, 1.82) is 0 Å². The molecule has 0 aliphatic carbocycles. The lowest BCUT2D eigenvalue weighted by Gasteiger charge is -2.41. The molecule has 2 amide bonds. The van der Waals surface area contributed by atoms with Gasteiger partial charge in [0.1, 0.15) is 17.5 Å². The van der Waals surface area contributed by atoms with Crippen molar-refractivity contribution in [3.8, 4) is 11.6 Å². The Labute approximate surface area is 210 Å². The number of benzene rings is 1. The van der Waals surface area contributed by atoms with Gasteiger partial charge in [-0.3, -0.25) is 0 Å². The highest BCUT2D eigenvalue weighted by molar-refractivity contribution is 5.90. The molecule has 1 N–H and O–H groups in total. The molecular formula is C25H24F2N6O4. The fraction of sp³-hybridized carbons (Fsp3) is 0.320. The third-order valence-electron chi connectivity index (χ3n) is 6.42. The van der Waals surface area contributed by atoms with E-state index in [1.807, 2.05) is 6.07 Å². The number of rotatable bonds is 5. The summed E-state index contributed by atoms with van der Waals surface area (Å²) in [5.74, 6) is -2.06. The van der Waals surface area contributed by atoms with E-state index in [4.69, 9.17) is 4.74 Å². The molecule has 192 valence electrons. The van der Waals surface area contributed by atoms with Crippen LogP contribution in [0.15, 0.2) is 35.6 Å². The Bertz CT molecular complexity index is 1410. The number of hydrogen-bond donors (Lipinski definition) is 1. The van der Waals surface area contributed by atoms with Gasteiger partial charge in [0.15, 0.2) is 17.4 Å². The second kappa shape index (κ2) is 9.26. The zero-order valence-electron chi connectivity index (χ0n) is 20.4. The summed E-state index contributed by atoms with van der Waals surface area (Å²) in [5, 5.41) is 19.1. The summed E-state index contributed by atoms with van der Waals surface area (Å²) in [6, 6.07) is 5.25. The van der Waals surface area contributed by atoms with Crippen molar-refractivity contribution in [2.75, 3.05) is 13.1 Å². The SMILES string of the molecule is Cc1cc(F)cc([C@@H]2CC=NN2C(=O)N2CC(Oc3cc(-n4nc(C)c(C(=O)O)c4C)ncc3F)C2)c1. The van der Waals surface area contributed by atoms with E-state index in [0.29, 0.717) is 23.4 Å². The van der Waals surface area contributed by atoms with Crippen molar-refractivity contribution in [1.82, 2.24) is 24.7 Å². The Balaban J connectivity index is 1.26. The monoisotopic (exact) mass is 510 g/mol. The number of amides is 2. The molecule has 1 aromatic carbocycles. The largest absolute Gasteiger partial charge is 0.483 e. The van der Waals surface area contributed by atoms with Crippen LogP contribution in [0, 0.1) is 32.4 Å². The number of aromatic carboxylic acids is 1. The number of pyridine rings is 1. The number of aromatic nitrogens is 3. The fourth-order valence-electron chi connectivity index (χ4n) is 4.62. The number of ether oxygens (including phenoxy) is 1. The molecule has 10 nitrogen and oxygen atoms in total. The lowest BCUT2D eigenvalue weighted by molar-refractivity contribution is 0.0256. The number of likely N-dealkylation sites (tertiary alicyclic amines) is 1. The second-order valence-corrected chi connectivity index (χ2v) is 9.12. The normalized spacial score (nSPS) is 17.3. The van der Waals surface area contributed by atoms with E-state index in [-0.39, 0.29) is 42.1 Å². The first-order valence-corrected chi connectivity index (χ1v) is 11.6. The van der Waals surface area contributed by atoms with Crippen LogP contribution < -0.4 is 4.74 Å². The van der Waals surface area contributed by atoms with Gasteiger partial charge in [0.2, 0.25) is 0 Å². The van der Waals surface area contributed by atoms with E-state index in [9.17, 15) is 23.5 Å². The summed E-state index contributed by atoms with van der Waals surface area (Å²) < 4.78 is 35.5. The summed E-state index contributed by atoms with van der Waals surface area (Å²) in [4.78, 5) is 30.1. The van der Waals surface area contributed by atoms with Crippen LogP contribution in [0.4, 0.5) is 13.6 Å². The lowest BCUT2D eigenvalue weighted by atomic mass is 10.0. The zero-order chi connectivity index (χ0) is 26.4. The number of hydrazone groups is 1. The Hall–Kier alpha value is -4.35. The van der Waals surface area contributed by atoms with Gasteiger partial charge < -0.3 is 14.7 Å². The minimum Gasteiger partial charge on any atom is -0.483 e. The van der Waals surface area contributed by atoms with Gasteiger partial charge in [0.05, 0.1) is 36.7 Å². The van der Waals surface area contributed by atoms with Crippen LogP contribution >= 0.6 is 0 Å². The molecule has 4 heterocycles. The Morgan fingerprint density at radius 3 is 2.54 bits per heavy atom. The van der Waals surface area contributed by atoms with Gasteiger partial charge in [-0.05, 0) is 44.0 Å². The summed E-state index contributed by atoms with van der Waals surface area (Å²) in [6.45, 7) is 5.36. The van der Waals surface area contributed by atoms with Crippen LogP contribution in [0.3, 0.4) is 0 Å². The minimum absolute atomic E-state index is 0.0537. The highest BCUT2D eigenvalue weighted by atomic mass is 19.1. The van der Waals surface area contributed by atoms with E-state index in [2.05, 4.69) is 15.2 Å². The Kier molecular flexibility index (Phi) is 6.10. The van der Waals surface area contributed by atoms with Gasteiger partial charge in [-0.1, -0.05) is 6.07 Å². The molecule has 2 aromatic heterocycles. The van der Waals surface area contributed by atoms with Crippen LogP contribution in [0.2, 0.25) is 0 Å². The number of carboxylic acids is 1. The molecule has 0 bridgehead atoms. The van der Waals surface area contributed by atoms with Crippen LogP contribution in [0.25, 0.3) is 5.82 Å². The standard InChI is InChI=1S/C25H24F2N6O4/c1-13-6-16(8-17(26)7-13)20-4-5-29-33(20)25(36)31-11-18(12-31)37-21-9-22(28-10-19(21)27)32-15(3)23(24(34)35)14(2)30-32/h5-10,18,20H,4,11-12H2,1-3H3,(H,34,35)/t20-/m0/s1. The summed E-state index contributed by atoms with van der Waals surface area (Å²) in [5.41, 5.74) is 2.13. The van der Waals surface area contributed by atoms with Gasteiger partial charge in [-0.25, -0.2) is 33.0 Å². The molecule has 5 rings (SSSR count). The first-order chi connectivity index (χ1) is 17.6. The minimum atomic E-state index is -1.11. The number of aryl methyl sites for hydroxylation is 2. The van der Waals surface area contributed by atoms with Crippen molar-refractivity contribution >= 4 is 18.2 Å². The van der Waals surface area contributed by atoms with E-state index < -0.39 is 23.9 Å². The van der Waals surface area contributed by atoms with Crippen LogP contribution in [-0.2, 0) is 0 Å². The molecule has 0 saturated carbocycles. The molecule has 1 fully saturated rings. The number of hydrogen-bond acceptors (Lipinski definition) is 6. The maximum Gasteiger partial charge on any atom is 0.341 e. The molecule has 12 heteroatoms. The van der Waals surface area contributed by atoms with Crippen molar-refractivity contribution in [3.63, 3.8) is 0 Å². The van der Waals surface area contributed by atoms with Crippen molar-refractivity contribution in [2.24, 2.45) is 5.10 Å². The van der Waals surface area contributed by atoms with Crippen molar-refractivity contribution in [2.45, 2.75) is 39.3 Å². The molecule has 3 aromatic rings. The van der Waals surface area contributed by atoms with Gasteiger partial charge in [-0.15, -0.1) is 0 Å². The quantitative estimate of drug-likeness (QED) is 0.559. The number of halogens is 2. The van der Waals surface area contributed by atoms with Gasteiger partial charge in [-0.2, -0.15) is 10.2 Å². The smallest absolute Gasteiger partial charge is 0.341 e. The van der Waals surface area contributed by atoms with E-state index in [1.165, 1.54) is 32.8 Å². The topological polar surface area (TPSA) is 113 Å². The number of urea groups is 1. The summed E-state index contributed by atoms with van der Waals surface area (Å²) >= 11 is 0. The highest BCUT2D eigenvalue weighted by Crippen LogP contribution is 2.32. The van der Waals surface area contributed by atoms with Crippen molar-refractivity contribution in [3.05, 3.63) is 70.2 Å². The predicted molar refractivity (Wildman–Crippen MR) is 128 cm³/mol. The average Bonchev–Trinajstić information content (AvgIpc) is 3.40. The number of nitrogens with zero attached hydrogens (tertiary/aromatic N) is 6. The second-order valence-electron chi connectivity index (χ2n) is 9.12. The summed E-state index contributed by atoms with van der Waals surface area (Å²) in [7, 11) is 0. The van der Waals surface area contributed by atoms with E-state index in [1.54, 1.807) is 27.0 Å². The lowest BCUT2D eigenvalue weighted by Crippen LogP contribution is -2.58. The predicted octanol–water partition coefficient (Wildman–Crippen LogP) is 3.78. The molecule has 1 saturated heterocycles. The van der Waals surface area contributed by atoms with Gasteiger partial charge >= 0.3 is 12.0 Å². The van der Waals surface area contributed by atoms with Crippen molar-refractivity contribution < 1.29 is 28.2 Å². The molecule has 0 radical (unpaired) electrons. The fourth-order valence-corrected chi connectivity index (χ4v) is 4.62. The van der Waals surface area contributed by atoms with Crippen LogP contribution in [0.1, 0.15) is 45.3 Å². The molecule has 1 atom stereocenters. The maximum absolute atomic E-state index is 14.5. The highest BCUT2D eigenvalue weighted by Gasteiger charge is 2.39. The third kappa shape index (κ3) is 4.50. The average molecular weight is 511 g/mol. The molecule has 2 aliphatic heterocycles. The summed E-state index contributed by atoms with van der Waals surface area (Å²) in [6.07, 6.45) is 2.61. The molecule has 0 unspecified atom stereocenters. The van der Waals surface area contributed by atoms with E-state index >= 15 is 0 Å². The molecule has 0 spiro atoms. The first-order valence-electron chi connectivity index (χ1n) is 11.6. The number of carbonyl (C=O) groups is 2. The van der Waals surface area contributed by atoms with Crippen LogP contribution in [0.5, 0.6) is 5.75 Å².